The van der Waals surface area contributed by atoms with Gasteiger partial charge in [0.15, 0.2) is 0 Å². The highest BCUT2D eigenvalue weighted by Gasteiger charge is 2.27. The van der Waals surface area contributed by atoms with Crippen molar-refractivity contribution in [3.8, 4) is 17.0 Å². The smallest absolute Gasteiger partial charge is 0.132 e. The third kappa shape index (κ3) is 1.89. The van der Waals surface area contributed by atoms with Crippen LogP contribution in [0.3, 0.4) is 0 Å². The van der Waals surface area contributed by atoms with Crippen molar-refractivity contribution in [3.05, 3.63) is 47.8 Å². The van der Waals surface area contributed by atoms with Crippen molar-refractivity contribution in [2.45, 2.75) is 12.5 Å². The highest BCUT2D eigenvalue weighted by molar-refractivity contribution is 5.95. The second-order valence-corrected chi connectivity index (χ2v) is 5.61. The predicted octanol–water partition coefficient (Wildman–Crippen LogP) is 2.64. The van der Waals surface area contributed by atoms with Gasteiger partial charge in [0, 0.05) is 36.5 Å². The molecule has 0 aliphatic carbocycles. The van der Waals surface area contributed by atoms with E-state index in [9.17, 15) is 4.39 Å². The monoisotopic (exact) mass is 297 g/mol. The molecule has 0 fully saturated rings. The summed E-state index contributed by atoms with van der Waals surface area (Å²) in [5.74, 6) is 0.436. The number of para-hydroxylation sites is 1. The molecule has 1 aromatic heterocycles. The second-order valence-electron chi connectivity index (χ2n) is 5.61. The lowest BCUT2D eigenvalue weighted by atomic mass is 10.0. The number of ether oxygens (including phenoxy) is 1. The highest BCUT2D eigenvalue weighted by Crippen LogP contribution is 2.41. The fraction of sp³-hybridized carbons (Fsp3) is 0.235. The molecule has 0 saturated carbocycles. The molecule has 3 aromatic rings. The quantitative estimate of drug-likeness (QED) is 0.791. The van der Waals surface area contributed by atoms with Crippen LogP contribution in [0.2, 0.25) is 0 Å². The highest BCUT2D eigenvalue weighted by atomic mass is 19.1. The summed E-state index contributed by atoms with van der Waals surface area (Å²) in [4.78, 5) is 0. The fourth-order valence-electron chi connectivity index (χ4n) is 3.11. The number of aryl methyl sites for hydroxylation is 1. The van der Waals surface area contributed by atoms with Gasteiger partial charge in [0.1, 0.15) is 23.4 Å². The first-order valence-electron chi connectivity index (χ1n) is 7.28. The number of rotatable bonds is 2. The third-order valence-corrected chi connectivity index (χ3v) is 4.14. The summed E-state index contributed by atoms with van der Waals surface area (Å²) in [6, 6.07) is 10.9. The molecule has 2 heterocycles. The van der Waals surface area contributed by atoms with Gasteiger partial charge in [-0.05, 0) is 18.2 Å². The second kappa shape index (κ2) is 4.81. The van der Waals surface area contributed by atoms with Crippen molar-refractivity contribution in [3.63, 3.8) is 0 Å². The Kier molecular flexibility index (Phi) is 2.90. The summed E-state index contributed by atoms with van der Waals surface area (Å²) in [5.41, 5.74) is 9.00. The molecule has 0 radical (unpaired) electrons. The summed E-state index contributed by atoms with van der Waals surface area (Å²) in [6.07, 6.45) is 0.548. The summed E-state index contributed by atoms with van der Waals surface area (Å²) in [5, 5.41) is 5.55. The van der Waals surface area contributed by atoms with Gasteiger partial charge in [0.05, 0.1) is 5.52 Å². The number of aromatic nitrogens is 2. The summed E-state index contributed by atoms with van der Waals surface area (Å²) < 4.78 is 21.7. The van der Waals surface area contributed by atoms with E-state index in [1.807, 2.05) is 31.3 Å². The Morgan fingerprint density at radius 3 is 3.00 bits per heavy atom. The molecule has 22 heavy (non-hydrogen) atoms. The largest absolute Gasteiger partial charge is 0.488 e. The van der Waals surface area contributed by atoms with Gasteiger partial charge in [-0.15, -0.1) is 0 Å². The average Bonchev–Trinajstić information content (AvgIpc) is 3.08. The van der Waals surface area contributed by atoms with Gasteiger partial charge in [-0.1, -0.05) is 18.2 Å². The lowest BCUT2D eigenvalue weighted by Crippen LogP contribution is -2.24. The molecule has 1 atom stereocenters. The molecule has 0 amide bonds. The minimum Gasteiger partial charge on any atom is -0.488 e. The Labute approximate surface area is 127 Å². The van der Waals surface area contributed by atoms with E-state index in [4.69, 9.17) is 10.5 Å². The van der Waals surface area contributed by atoms with Crippen LogP contribution in [0.25, 0.3) is 22.2 Å². The van der Waals surface area contributed by atoms with Crippen LogP contribution in [0.5, 0.6) is 5.75 Å². The Bertz CT molecular complexity index is 872. The average molecular weight is 297 g/mol. The molecular weight excluding hydrogens is 281 g/mol. The summed E-state index contributed by atoms with van der Waals surface area (Å²) in [6.45, 7) is 0.415. The Morgan fingerprint density at radius 1 is 1.36 bits per heavy atom. The van der Waals surface area contributed by atoms with E-state index >= 15 is 0 Å². The number of nitrogens with zero attached hydrogens (tertiary/aromatic N) is 2. The van der Waals surface area contributed by atoms with E-state index in [0.29, 0.717) is 24.3 Å². The number of nitrogens with two attached hydrogens (primary N) is 1. The Hall–Kier alpha value is -2.40. The molecule has 2 aromatic carbocycles. The van der Waals surface area contributed by atoms with Crippen LogP contribution in [-0.2, 0) is 13.5 Å². The van der Waals surface area contributed by atoms with Gasteiger partial charge >= 0.3 is 0 Å². The number of benzene rings is 2. The van der Waals surface area contributed by atoms with E-state index in [1.54, 1.807) is 4.68 Å². The SMILES string of the molecule is Cn1nc(-c2cc(F)cc3c2OC(CN)C3)c2ccccc21. The maximum Gasteiger partial charge on any atom is 0.132 e. The lowest BCUT2D eigenvalue weighted by molar-refractivity contribution is 0.242. The van der Waals surface area contributed by atoms with Crippen LogP contribution in [0.4, 0.5) is 4.39 Å². The van der Waals surface area contributed by atoms with E-state index in [2.05, 4.69) is 5.10 Å². The predicted molar refractivity (Wildman–Crippen MR) is 83.3 cm³/mol. The van der Waals surface area contributed by atoms with Crippen molar-refractivity contribution >= 4 is 10.9 Å². The van der Waals surface area contributed by atoms with E-state index in [1.165, 1.54) is 12.1 Å². The third-order valence-electron chi connectivity index (χ3n) is 4.14. The van der Waals surface area contributed by atoms with Gasteiger partial charge in [0.25, 0.3) is 0 Å². The van der Waals surface area contributed by atoms with Gasteiger partial charge < -0.3 is 10.5 Å². The van der Waals surface area contributed by atoms with Crippen molar-refractivity contribution in [2.75, 3.05) is 6.54 Å². The maximum atomic E-state index is 14.0. The minimum absolute atomic E-state index is 0.0921. The van der Waals surface area contributed by atoms with Crippen molar-refractivity contribution in [1.82, 2.24) is 9.78 Å². The van der Waals surface area contributed by atoms with Crippen molar-refractivity contribution < 1.29 is 9.13 Å². The summed E-state index contributed by atoms with van der Waals surface area (Å²) in [7, 11) is 1.88. The van der Waals surface area contributed by atoms with Gasteiger partial charge in [0.2, 0.25) is 0 Å². The molecule has 4 nitrogen and oxygen atoms in total. The first-order chi connectivity index (χ1) is 10.7. The summed E-state index contributed by atoms with van der Waals surface area (Å²) >= 11 is 0. The zero-order valence-electron chi connectivity index (χ0n) is 12.2. The van der Waals surface area contributed by atoms with Crippen molar-refractivity contribution in [2.24, 2.45) is 12.8 Å². The number of fused-ring (bicyclic) bond motifs is 2. The van der Waals surface area contributed by atoms with Crippen molar-refractivity contribution in [1.29, 1.82) is 0 Å². The van der Waals surface area contributed by atoms with Crippen LogP contribution >= 0.6 is 0 Å². The maximum absolute atomic E-state index is 14.0. The van der Waals surface area contributed by atoms with Crippen LogP contribution < -0.4 is 10.5 Å². The number of hydrogen-bond donors (Lipinski definition) is 1. The number of halogens is 1. The Morgan fingerprint density at radius 2 is 2.18 bits per heavy atom. The van der Waals surface area contributed by atoms with Gasteiger partial charge in [-0.3, -0.25) is 4.68 Å². The van der Waals surface area contributed by atoms with Crippen LogP contribution in [0, 0.1) is 5.82 Å². The first-order valence-corrected chi connectivity index (χ1v) is 7.28. The lowest BCUT2D eigenvalue weighted by Gasteiger charge is -2.10. The zero-order chi connectivity index (χ0) is 15.3. The van der Waals surface area contributed by atoms with E-state index in [0.717, 1.165) is 22.2 Å². The molecule has 1 unspecified atom stereocenters. The minimum atomic E-state index is -0.273. The molecule has 1 aliphatic heterocycles. The molecule has 1 aliphatic rings. The Balaban J connectivity index is 1.97. The van der Waals surface area contributed by atoms with Gasteiger partial charge in [-0.2, -0.15) is 5.10 Å². The van der Waals surface area contributed by atoms with E-state index < -0.39 is 0 Å². The topological polar surface area (TPSA) is 53.1 Å². The number of hydrogen-bond acceptors (Lipinski definition) is 3. The molecule has 4 rings (SSSR count). The standard InChI is InChI=1S/C17H16FN3O/c1-21-15-5-3-2-4-13(15)16(20-21)14-8-11(18)6-10-7-12(9-19)22-17(10)14/h2-6,8,12H,7,9,19H2,1H3. The zero-order valence-corrected chi connectivity index (χ0v) is 12.2. The molecular formula is C17H16FN3O. The molecule has 0 bridgehead atoms. The molecule has 2 N–H and O–H groups in total. The molecule has 0 saturated heterocycles. The van der Waals surface area contributed by atoms with Crippen LogP contribution in [-0.4, -0.2) is 22.4 Å². The van der Waals surface area contributed by atoms with Gasteiger partial charge in [-0.25, -0.2) is 4.39 Å². The van der Waals surface area contributed by atoms with Crippen LogP contribution in [0.1, 0.15) is 5.56 Å². The first kappa shape index (κ1) is 13.3. The fourth-order valence-corrected chi connectivity index (χ4v) is 3.11. The van der Waals surface area contributed by atoms with Crippen LogP contribution in [0.15, 0.2) is 36.4 Å². The molecule has 112 valence electrons. The normalized spacial score (nSPS) is 16.8. The van der Waals surface area contributed by atoms with E-state index in [-0.39, 0.29) is 11.9 Å². The molecule has 0 spiro atoms. The molecule has 5 heteroatoms.